The molecule has 0 amide bonds. The van der Waals surface area contributed by atoms with E-state index in [-0.39, 0.29) is 5.56 Å². The molecule has 0 fully saturated rings. The second kappa shape index (κ2) is 5.95. The smallest absolute Gasteiger partial charge is 0.194 e. The predicted molar refractivity (Wildman–Crippen MR) is 74.4 cm³/mol. The number of aryl methyl sites for hydroxylation is 1. The minimum absolute atomic E-state index is 0.0446. The van der Waals surface area contributed by atoms with Gasteiger partial charge in [-0.1, -0.05) is 28.1 Å². The number of nitrogens with two attached hydrogens (primary N) is 1. The Kier molecular flexibility index (Phi) is 4.47. The van der Waals surface area contributed by atoms with Crippen LogP contribution in [0.1, 0.15) is 22.7 Å². The van der Waals surface area contributed by atoms with Crippen molar-refractivity contribution in [1.29, 1.82) is 0 Å². The van der Waals surface area contributed by atoms with Crippen LogP contribution in [0.5, 0.6) is 0 Å². The highest BCUT2D eigenvalue weighted by molar-refractivity contribution is 9.10. The number of nitrogens with one attached hydrogen (secondary N) is 1. The summed E-state index contributed by atoms with van der Waals surface area (Å²) in [6.45, 7) is 1.82. The van der Waals surface area contributed by atoms with Gasteiger partial charge in [0.1, 0.15) is 0 Å². The number of rotatable bonds is 3. The summed E-state index contributed by atoms with van der Waals surface area (Å²) in [6, 6.07) is 6.64. The van der Waals surface area contributed by atoms with E-state index in [1.54, 1.807) is 12.1 Å². The van der Waals surface area contributed by atoms with Crippen LogP contribution in [0.25, 0.3) is 0 Å². The van der Waals surface area contributed by atoms with E-state index in [4.69, 9.17) is 5.84 Å². The van der Waals surface area contributed by atoms with E-state index in [0.717, 1.165) is 16.1 Å². The van der Waals surface area contributed by atoms with Crippen molar-refractivity contribution in [2.45, 2.75) is 13.0 Å². The highest BCUT2D eigenvalue weighted by Crippen LogP contribution is 2.29. The molecular weight excluding hydrogens is 333 g/mol. The minimum Gasteiger partial charge on any atom is -0.271 e. The van der Waals surface area contributed by atoms with Gasteiger partial charge in [-0.15, -0.1) is 0 Å². The molecule has 1 atom stereocenters. The molecule has 0 saturated heterocycles. The topological polar surface area (TPSA) is 38.0 Å². The molecule has 2 rings (SSSR count). The van der Waals surface area contributed by atoms with Gasteiger partial charge in [-0.05, 0) is 36.2 Å². The average molecular weight is 345 g/mol. The zero-order chi connectivity index (χ0) is 14.9. The van der Waals surface area contributed by atoms with E-state index in [1.807, 2.05) is 13.0 Å². The molecular formula is C14H12BrF3N2. The van der Waals surface area contributed by atoms with Gasteiger partial charge >= 0.3 is 0 Å². The van der Waals surface area contributed by atoms with Crippen LogP contribution >= 0.6 is 15.9 Å². The Hall–Kier alpha value is -1.37. The van der Waals surface area contributed by atoms with Crippen LogP contribution in [-0.4, -0.2) is 0 Å². The Morgan fingerprint density at radius 3 is 2.30 bits per heavy atom. The van der Waals surface area contributed by atoms with Crippen LogP contribution in [0.15, 0.2) is 34.8 Å². The van der Waals surface area contributed by atoms with E-state index >= 15 is 0 Å². The zero-order valence-corrected chi connectivity index (χ0v) is 12.1. The number of hydrazine groups is 1. The summed E-state index contributed by atoms with van der Waals surface area (Å²) in [4.78, 5) is 0. The van der Waals surface area contributed by atoms with Gasteiger partial charge in [0.05, 0.1) is 6.04 Å². The lowest BCUT2D eigenvalue weighted by atomic mass is 9.95. The zero-order valence-electron chi connectivity index (χ0n) is 10.6. The van der Waals surface area contributed by atoms with Crippen LogP contribution in [0.4, 0.5) is 13.2 Å². The van der Waals surface area contributed by atoms with Crippen LogP contribution in [0, 0.1) is 24.4 Å². The summed E-state index contributed by atoms with van der Waals surface area (Å²) in [5.74, 6) is 1.49. The number of hydrogen-bond donors (Lipinski definition) is 2. The normalized spacial score (nSPS) is 12.5. The molecule has 106 valence electrons. The van der Waals surface area contributed by atoms with Crippen molar-refractivity contribution in [2.75, 3.05) is 0 Å². The van der Waals surface area contributed by atoms with Crippen molar-refractivity contribution >= 4 is 15.9 Å². The SMILES string of the molecule is Cc1cc(Br)ccc1C(NN)c1ccc(F)c(F)c1F. The molecule has 0 radical (unpaired) electrons. The van der Waals surface area contributed by atoms with Crippen LogP contribution in [0.2, 0.25) is 0 Å². The summed E-state index contributed by atoms with van der Waals surface area (Å²) in [5, 5.41) is 0. The molecule has 0 aliphatic rings. The Morgan fingerprint density at radius 2 is 1.70 bits per heavy atom. The molecule has 0 aromatic heterocycles. The van der Waals surface area contributed by atoms with E-state index in [0.29, 0.717) is 5.56 Å². The summed E-state index contributed by atoms with van der Waals surface area (Å²) in [6.07, 6.45) is 0. The van der Waals surface area contributed by atoms with Crippen molar-refractivity contribution in [3.05, 3.63) is 68.9 Å². The fraction of sp³-hybridized carbons (Fsp3) is 0.143. The minimum atomic E-state index is -1.50. The molecule has 20 heavy (non-hydrogen) atoms. The Morgan fingerprint density at radius 1 is 1.05 bits per heavy atom. The Bertz CT molecular complexity index is 647. The summed E-state index contributed by atoms with van der Waals surface area (Å²) < 4.78 is 41.1. The van der Waals surface area contributed by atoms with Crippen LogP contribution in [-0.2, 0) is 0 Å². The average Bonchev–Trinajstić information content (AvgIpc) is 2.41. The molecule has 3 N–H and O–H groups in total. The summed E-state index contributed by atoms with van der Waals surface area (Å²) in [7, 11) is 0. The lowest BCUT2D eigenvalue weighted by Crippen LogP contribution is -2.30. The molecule has 2 aromatic carbocycles. The van der Waals surface area contributed by atoms with Gasteiger partial charge < -0.3 is 0 Å². The fourth-order valence-corrected chi connectivity index (χ4v) is 2.55. The van der Waals surface area contributed by atoms with Gasteiger partial charge in [-0.2, -0.15) is 0 Å². The maximum absolute atomic E-state index is 13.9. The molecule has 2 nitrogen and oxygen atoms in total. The van der Waals surface area contributed by atoms with Crippen molar-refractivity contribution < 1.29 is 13.2 Å². The predicted octanol–water partition coefficient (Wildman–Crippen LogP) is 3.73. The van der Waals surface area contributed by atoms with E-state index in [1.165, 1.54) is 6.07 Å². The van der Waals surface area contributed by atoms with Crippen molar-refractivity contribution in [3.63, 3.8) is 0 Å². The van der Waals surface area contributed by atoms with Crippen molar-refractivity contribution in [2.24, 2.45) is 5.84 Å². The Balaban J connectivity index is 2.55. The number of hydrogen-bond acceptors (Lipinski definition) is 2. The van der Waals surface area contributed by atoms with Gasteiger partial charge in [0.15, 0.2) is 17.5 Å². The molecule has 0 heterocycles. The Labute approximate surface area is 122 Å². The number of benzene rings is 2. The van der Waals surface area contributed by atoms with Gasteiger partial charge in [0.25, 0.3) is 0 Å². The van der Waals surface area contributed by atoms with Crippen molar-refractivity contribution in [1.82, 2.24) is 5.43 Å². The molecule has 0 aliphatic carbocycles. The number of halogens is 4. The monoisotopic (exact) mass is 344 g/mol. The highest BCUT2D eigenvalue weighted by Gasteiger charge is 2.22. The van der Waals surface area contributed by atoms with Crippen LogP contribution in [0.3, 0.4) is 0 Å². The third kappa shape index (κ3) is 2.72. The van der Waals surface area contributed by atoms with E-state index in [9.17, 15) is 13.2 Å². The van der Waals surface area contributed by atoms with Gasteiger partial charge in [0.2, 0.25) is 0 Å². The summed E-state index contributed by atoms with van der Waals surface area (Å²) in [5.41, 5.74) is 3.91. The maximum Gasteiger partial charge on any atom is 0.194 e. The van der Waals surface area contributed by atoms with Crippen molar-refractivity contribution in [3.8, 4) is 0 Å². The fourth-order valence-electron chi connectivity index (χ4n) is 2.07. The first kappa shape index (κ1) is 15.0. The standard InChI is InChI=1S/C14H12BrF3N2/c1-7-6-8(15)2-3-9(7)14(20-19)10-4-5-11(16)13(18)12(10)17/h2-6,14,20H,19H2,1H3. The first-order valence-electron chi connectivity index (χ1n) is 5.81. The first-order valence-corrected chi connectivity index (χ1v) is 6.60. The summed E-state index contributed by atoms with van der Waals surface area (Å²) >= 11 is 3.32. The van der Waals surface area contributed by atoms with Gasteiger partial charge in [-0.25, -0.2) is 18.6 Å². The second-order valence-corrected chi connectivity index (χ2v) is 5.28. The largest absolute Gasteiger partial charge is 0.271 e. The molecule has 0 saturated carbocycles. The van der Waals surface area contributed by atoms with E-state index < -0.39 is 23.5 Å². The molecule has 0 spiro atoms. The maximum atomic E-state index is 13.9. The third-order valence-electron chi connectivity index (χ3n) is 3.09. The molecule has 1 unspecified atom stereocenters. The van der Waals surface area contributed by atoms with Gasteiger partial charge in [0, 0.05) is 10.0 Å². The van der Waals surface area contributed by atoms with Crippen LogP contribution < -0.4 is 11.3 Å². The molecule has 0 bridgehead atoms. The molecule has 2 aromatic rings. The quantitative estimate of drug-likeness (QED) is 0.505. The van der Waals surface area contributed by atoms with Gasteiger partial charge in [-0.3, -0.25) is 5.84 Å². The molecule has 6 heteroatoms. The van der Waals surface area contributed by atoms with E-state index in [2.05, 4.69) is 21.4 Å². The highest BCUT2D eigenvalue weighted by atomic mass is 79.9. The lowest BCUT2D eigenvalue weighted by molar-refractivity contribution is 0.433. The molecule has 0 aliphatic heterocycles. The first-order chi connectivity index (χ1) is 9.45. The lowest BCUT2D eigenvalue weighted by Gasteiger charge is -2.20. The third-order valence-corrected chi connectivity index (χ3v) is 3.58. The second-order valence-electron chi connectivity index (χ2n) is 4.37.